The monoisotopic (exact) mass is 323 g/mol. The van der Waals surface area contributed by atoms with Gasteiger partial charge in [0, 0.05) is 10.0 Å². The first-order valence-electron chi connectivity index (χ1n) is 5.45. The van der Waals surface area contributed by atoms with Gasteiger partial charge in [-0.15, -0.1) is 6.42 Å². The molecule has 0 aliphatic heterocycles. The highest BCUT2D eigenvalue weighted by Gasteiger charge is 2.32. The minimum Gasteiger partial charge on any atom is -0.322 e. The number of rotatable bonds is 4. The summed E-state index contributed by atoms with van der Waals surface area (Å²) in [6.45, 7) is -1.83. The average molecular weight is 324 g/mol. The lowest BCUT2D eigenvalue weighted by molar-refractivity contribution is -0.159. The Morgan fingerprint density at radius 1 is 1.30 bits per heavy atom. The Bertz CT molecular complexity index is 517. The second-order valence-corrected chi connectivity index (χ2v) is 4.76. The van der Waals surface area contributed by atoms with Gasteiger partial charge in [0.05, 0.1) is 13.0 Å². The molecule has 0 saturated heterocycles. The van der Waals surface area contributed by atoms with Crippen LogP contribution in [-0.2, 0) is 11.2 Å². The molecular weight excluding hydrogens is 314 g/mol. The van der Waals surface area contributed by atoms with Crippen LogP contribution >= 0.6 is 23.2 Å². The standard InChI is InChI=1S/C13H10Cl2F3NO/c1-2-6-19(8-13(16,17)18)12(20)7-9-10(14)4-3-5-11(9)15/h1,3-5H,6-8H2. The van der Waals surface area contributed by atoms with Gasteiger partial charge in [-0.05, 0) is 17.7 Å². The molecule has 0 heterocycles. The summed E-state index contributed by atoms with van der Waals surface area (Å²) in [5.74, 6) is 1.24. The van der Waals surface area contributed by atoms with Crippen LogP contribution < -0.4 is 0 Å². The van der Waals surface area contributed by atoms with Crippen molar-refractivity contribution in [2.24, 2.45) is 0 Å². The summed E-state index contributed by atoms with van der Waals surface area (Å²) in [6, 6.07) is 4.59. The zero-order valence-corrected chi connectivity index (χ0v) is 11.7. The number of amides is 1. The van der Waals surface area contributed by atoms with E-state index in [9.17, 15) is 18.0 Å². The van der Waals surface area contributed by atoms with Crippen LogP contribution in [0.3, 0.4) is 0 Å². The van der Waals surface area contributed by atoms with E-state index < -0.39 is 25.2 Å². The maximum absolute atomic E-state index is 12.4. The number of benzene rings is 1. The minimum atomic E-state index is -4.52. The first kappa shape index (κ1) is 16.7. The topological polar surface area (TPSA) is 20.3 Å². The molecule has 0 aromatic heterocycles. The molecular formula is C13H10Cl2F3NO. The zero-order valence-electron chi connectivity index (χ0n) is 10.2. The quantitative estimate of drug-likeness (QED) is 0.776. The van der Waals surface area contributed by atoms with Crippen LogP contribution in [0.4, 0.5) is 13.2 Å². The first-order valence-corrected chi connectivity index (χ1v) is 6.21. The number of carbonyl (C=O) groups excluding carboxylic acids is 1. The molecule has 0 spiro atoms. The van der Waals surface area contributed by atoms with E-state index in [-0.39, 0.29) is 22.0 Å². The van der Waals surface area contributed by atoms with E-state index in [1.54, 1.807) is 6.07 Å². The van der Waals surface area contributed by atoms with Crippen molar-refractivity contribution >= 4 is 29.1 Å². The van der Waals surface area contributed by atoms with Crippen molar-refractivity contribution in [2.75, 3.05) is 13.1 Å². The molecule has 20 heavy (non-hydrogen) atoms. The Morgan fingerprint density at radius 3 is 2.30 bits per heavy atom. The Labute approximate surface area is 124 Å². The van der Waals surface area contributed by atoms with E-state index in [0.717, 1.165) is 0 Å². The maximum Gasteiger partial charge on any atom is 0.406 e. The molecule has 1 rings (SSSR count). The molecule has 0 aliphatic rings. The van der Waals surface area contributed by atoms with Crippen LogP contribution in [0.15, 0.2) is 18.2 Å². The summed E-state index contributed by atoms with van der Waals surface area (Å²) in [5, 5.41) is 0.442. The fourth-order valence-corrected chi connectivity index (χ4v) is 2.05. The van der Waals surface area contributed by atoms with Crippen LogP contribution in [0.25, 0.3) is 0 Å². The Morgan fingerprint density at radius 2 is 1.85 bits per heavy atom. The van der Waals surface area contributed by atoms with Crippen molar-refractivity contribution in [2.45, 2.75) is 12.6 Å². The van der Waals surface area contributed by atoms with Gasteiger partial charge in [-0.2, -0.15) is 13.2 Å². The third kappa shape index (κ3) is 4.95. The molecule has 0 aliphatic carbocycles. The van der Waals surface area contributed by atoms with E-state index in [2.05, 4.69) is 0 Å². The SMILES string of the molecule is C#CCN(CC(F)(F)F)C(=O)Cc1c(Cl)cccc1Cl. The van der Waals surface area contributed by atoms with Crippen molar-refractivity contribution in [1.29, 1.82) is 0 Å². The van der Waals surface area contributed by atoms with E-state index in [4.69, 9.17) is 29.6 Å². The number of halogens is 5. The molecule has 0 saturated carbocycles. The molecule has 0 atom stereocenters. The van der Waals surface area contributed by atoms with Crippen LogP contribution in [0.1, 0.15) is 5.56 Å². The maximum atomic E-state index is 12.4. The van der Waals surface area contributed by atoms with Gasteiger partial charge in [-0.25, -0.2) is 0 Å². The van der Waals surface area contributed by atoms with Gasteiger partial charge in [0.1, 0.15) is 6.54 Å². The Kier molecular flexibility index (Phi) is 5.73. The van der Waals surface area contributed by atoms with E-state index in [1.165, 1.54) is 12.1 Å². The highest BCUT2D eigenvalue weighted by atomic mass is 35.5. The summed E-state index contributed by atoms with van der Waals surface area (Å²) in [5.41, 5.74) is 0.282. The summed E-state index contributed by atoms with van der Waals surface area (Å²) >= 11 is 11.7. The van der Waals surface area contributed by atoms with Crippen LogP contribution in [-0.4, -0.2) is 30.1 Å². The number of hydrogen-bond donors (Lipinski definition) is 0. The summed E-state index contributed by atoms with van der Waals surface area (Å²) in [7, 11) is 0. The van der Waals surface area contributed by atoms with E-state index >= 15 is 0 Å². The Balaban J connectivity index is 2.89. The van der Waals surface area contributed by atoms with Gasteiger partial charge in [-0.3, -0.25) is 4.79 Å². The molecule has 0 radical (unpaired) electrons. The number of nitrogens with zero attached hydrogens (tertiary/aromatic N) is 1. The molecule has 7 heteroatoms. The van der Waals surface area contributed by atoms with Crippen LogP contribution in [0.5, 0.6) is 0 Å². The Hall–Kier alpha value is -1.38. The van der Waals surface area contributed by atoms with Gasteiger partial charge in [-0.1, -0.05) is 35.2 Å². The molecule has 0 unspecified atom stereocenters. The number of terminal acetylenes is 1. The van der Waals surface area contributed by atoms with Crippen molar-refractivity contribution < 1.29 is 18.0 Å². The predicted molar refractivity (Wildman–Crippen MR) is 71.6 cm³/mol. The predicted octanol–water partition coefficient (Wildman–Crippen LogP) is 3.56. The molecule has 1 aromatic rings. The van der Waals surface area contributed by atoms with Gasteiger partial charge in [0.15, 0.2) is 0 Å². The average Bonchev–Trinajstić information content (AvgIpc) is 2.31. The fourth-order valence-electron chi connectivity index (χ4n) is 1.52. The third-order valence-electron chi connectivity index (χ3n) is 2.39. The number of alkyl halides is 3. The molecule has 1 aromatic carbocycles. The van der Waals surface area contributed by atoms with Crippen molar-refractivity contribution in [3.05, 3.63) is 33.8 Å². The van der Waals surface area contributed by atoms with Crippen LogP contribution in [0, 0.1) is 12.3 Å². The molecule has 0 N–H and O–H groups in total. The normalized spacial score (nSPS) is 11.0. The van der Waals surface area contributed by atoms with Gasteiger partial charge in [0.2, 0.25) is 5.91 Å². The number of hydrogen-bond acceptors (Lipinski definition) is 1. The highest BCUT2D eigenvalue weighted by Crippen LogP contribution is 2.25. The third-order valence-corrected chi connectivity index (χ3v) is 3.10. The lowest BCUT2D eigenvalue weighted by Crippen LogP contribution is -2.40. The van der Waals surface area contributed by atoms with Crippen molar-refractivity contribution in [3.8, 4) is 12.3 Å². The first-order chi connectivity index (χ1) is 9.24. The second-order valence-electron chi connectivity index (χ2n) is 3.95. The van der Waals surface area contributed by atoms with E-state index in [1.807, 2.05) is 5.92 Å². The van der Waals surface area contributed by atoms with Gasteiger partial charge < -0.3 is 4.90 Å². The largest absolute Gasteiger partial charge is 0.406 e. The fraction of sp³-hybridized carbons (Fsp3) is 0.308. The van der Waals surface area contributed by atoms with Gasteiger partial charge >= 0.3 is 6.18 Å². The molecule has 108 valence electrons. The lowest BCUT2D eigenvalue weighted by atomic mass is 10.1. The van der Waals surface area contributed by atoms with Crippen molar-refractivity contribution in [1.82, 2.24) is 4.90 Å². The minimum absolute atomic E-state index is 0.221. The molecule has 1 amide bonds. The molecule has 2 nitrogen and oxygen atoms in total. The second kappa shape index (κ2) is 6.87. The summed E-state index contributed by atoms with van der Waals surface area (Å²) in [6.07, 6.45) is 0.122. The lowest BCUT2D eigenvalue weighted by Gasteiger charge is -2.22. The molecule has 0 fully saturated rings. The zero-order chi connectivity index (χ0) is 15.3. The van der Waals surface area contributed by atoms with Crippen LogP contribution in [0.2, 0.25) is 10.0 Å². The smallest absolute Gasteiger partial charge is 0.322 e. The highest BCUT2D eigenvalue weighted by molar-refractivity contribution is 6.36. The van der Waals surface area contributed by atoms with Crippen molar-refractivity contribution in [3.63, 3.8) is 0 Å². The van der Waals surface area contributed by atoms with Gasteiger partial charge in [0.25, 0.3) is 0 Å². The summed E-state index contributed by atoms with van der Waals surface area (Å²) < 4.78 is 37.1. The summed E-state index contributed by atoms with van der Waals surface area (Å²) in [4.78, 5) is 12.4. The number of carbonyl (C=O) groups is 1. The van der Waals surface area contributed by atoms with E-state index in [0.29, 0.717) is 4.90 Å². The molecule has 0 bridgehead atoms.